The van der Waals surface area contributed by atoms with E-state index >= 15 is 0 Å². The molecule has 2 heteroatoms. The predicted molar refractivity (Wildman–Crippen MR) is 246 cm³/mol. The van der Waals surface area contributed by atoms with Crippen molar-refractivity contribution in [1.82, 2.24) is 0 Å². The Morgan fingerprint density at radius 1 is 0.339 bits per heavy atom. The highest BCUT2D eigenvalue weighted by Crippen LogP contribution is 2.57. The molecule has 2 nitrogen and oxygen atoms in total. The van der Waals surface area contributed by atoms with Crippen LogP contribution < -0.4 is 9.80 Å². The lowest BCUT2D eigenvalue weighted by atomic mass is 9.75. The van der Waals surface area contributed by atoms with Crippen molar-refractivity contribution < 1.29 is 0 Å². The van der Waals surface area contributed by atoms with Crippen LogP contribution in [0.4, 0.5) is 34.1 Å². The molecular weight excluding hydrogens is 713 g/mol. The third kappa shape index (κ3) is 5.54. The Balaban J connectivity index is 0.915. The highest BCUT2D eigenvalue weighted by Gasteiger charge is 2.47. The van der Waals surface area contributed by atoms with E-state index in [2.05, 4.69) is 204 Å². The molecule has 0 bridgehead atoms. The summed E-state index contributed by atoms with van der Waals surface area (Å²) in [5.74, 6) is 0. The molecule has 0 N–H and O–H groups in total. The number of nitrogens with zero attached hydrogens (tertiary/aromatic N) is 2. The first-order valence-corrected chi connectivity index (χ1v) is 21.3. The minimum Gasteiger partial charge on any atom is -0.310 e. The van der Waals surface area contributed by atoms with Crippen molar-refractivity contribution in [3.05, 3.63) is 238 Å². The lowest BCUT2D eigenvalue weighted by Gasteiger charge is -2.31. The van der Waals surface area contributed by atoms with Crippen molar-refractivity contribution in [1.29, 1.82) is 0 Å². The van der Waals surface area contributed by atoms with Crippen LogP contribution in [0.2, 0.25) is 0 Å². The molecule has 0 atom stereocenters. The summed E-state index contributed by atoms with van der Waals surface area (Å²) in [6, 6.07) is 68.5. The molecule has 2 heterocycles. The molecule has 0 saturated heterocycles. The standard InChI is InChI=1S/C57H44N2/c1-2-16-46-38-57(37-45(46)15-1)51-35-40(22-21-39-23-30-47(31-24-39)58-53-17-7-3-11-41(53)26-27-42-12-4-8-18-54(42)58)25-33-49(51)50-34-32-48(36-52(50)57)59-55-19-9-5-13-43(55)28-29-44-14-6-10-20-56(44)59/h1-25,30-36H,26-29,37-38H2/b22-21+. The summed E-state index contributed by atoms with van der Waals surface area (Å²) in [4.78, 5) is 4.97. The monoisotopic (exact) mass is 756 g/mol. The van der Waals surface area contributed by atoms with E-state index in [-0.39, 0.29) is 5.41 Å². The first kappa shape index (κ1) is 34.2. The van der Waals surface area contributed by atoms with Crippen molar-refractivity contribution in [2.75, 3.05) is 9.80 Å². The van der Waals surface area contributed by atoms with Gasteiger partial charge in [-0.3, -0.25) is 0 Å². The normalized spacial score (nSPS) is 15.4. The Morgan fingerprint density at radius 2 is 0.712 bits per heavy atom. The van der Waals surface area contributed by atoms with Crippen LogP contribution in [0.15, 0.2) is 182 Å². The Bertz CT molecular complexity index is 2850. The van der Waals surface area contributed by atoms with E-state index in [9.17, 15) is 0 Å². The molecule has 2 aliphatic carbocycles. The number of fused-ring (bicyclic) bond motifs is 10. The van der Waals surface area contributed by atoms with Gasteiger partial charge in [-0.25, -0.2) is 0 Å². The van der Waals surface area contributed by atoms with Crippen LogP contribution in [0.3, 0.4) is 0 Å². The molecule has 8 aromatic carbocycles. The van der Waals surface area contributed by atoms with Gasteiger partial charge in [-0.1, -0.05) is 146 Å². The highest BCUT2D eigenvalue weighted by atomic mass is 15.2. The number of rotatable bonds is 4. The number of hydrogen-bond acceptors (Lipinski definition) is 2. The third-order valence-electron chi connectivity index (χ3n) is 13.6. The predicted octanol–water partition coefficient (Wildman–Crippen LogP) is 14.1. The molecular formula is C57H44N2. The maximum Gasteiger partial charge on any atom is 0.0493 e. The van der Waals surface area contributed by atoms with Crippen LogP contribution in [0.5, 0.6) is 0 Å². The van der Waals surface area contributed by atoms with Crippen molar-refractivity contribution >= 4 is 46.3 Å². The average Bonchev–Trinajstić information content (AvgIpc) is 3.67. The van der Waals surface area contributed by atoms with Gasteiger partial charge in [-0.2, -0.15) is 0 Å². The van der Waals surface area contributed by atoms with Crippen LogP contribution in [0.25, 0.3) is 23.3 Å². The summed E-state index contributed by atoms with van der Waals surface area (Å²) >= 11 is 0. The molecule has 0 amide bonds. The van der Waals surface area contributed by atoms with Gasteiger partial charge in [0.2, 0.25) is 0 Å². The molecule has 4 aliphatic rings. The summed E-state index contributed by atoms with van der Waals surface area (Å²) in [5, 5.41) is 0. The van der Waals surface area contributed by atoms with E-state index in [1.54, 1.807) is 0 Å². The summed E-state index contributed by atoms with van der Waals surface area (Å²) in [6.45, 7) is 0. The second-order valence-electron chi connectivity index (χ2n) is 16.8. The van der Waals surface area contributed by atoms with Crippen LogP contribution >= 0.6 is 0 Å². The van der Waals surface area contributed by atoms with Gasteiger partial charge < -0.3 is 9.80 Å². The largest absolute Gasteiger partial charge is 0.310 e. The van der Waals surface area contributed by atoms with Crippen LogP contribution in [0, 0.1) is 0 Å². The molecule has 12 rings (SSSR count). The number of aryl methyl sites for hydroxylation is 4. The zero-order valence-corrected chi connectivity index (χ0v) is 33.1. The minimum absolute atomic E-state index is 0.125. The van der Waals surface area contributed by atoms with E-state index < -0.39 is 0 Å². The lowest BCUT2D eigenvalue weighted by Crippen LogP contribution is -2.26. The van der Waals surface area contributed by atoms with Crippen molar-refractivity contribution in [3.8, 4) is 11.1 Å². The second kappa shape index (κ2) is 13.6. The molecule has 8 aromatic rings. The number of benzene rings is 8. The van der Waals surface area contributed by atoms with E-state index in [0.29, 0.717) is 0 Å². The molecule has 282 valence electrons. The van der Waals surface area contributed by atoms with Crippen LogP contribution in [-0.2, 0) is 43.9 Å². The molecule has 0 aromatic heterocycles. The van der Waals surface area contributed by atoms with Gasteiger partial charge in [0.05, 0.1) is 0 Å². The lowest BCUT2D eigenvalue weighted by molar-refractivity contribution is 0.563. The molecule has 0 saturated carbocycles. The third-order valence-corrected chi connectivity index (χ3v) is 13.6. The van der Waals surface area contributed by atoms with E-state index in [1.165, 1.54) is 101 Å². The SMILES string of the molecule is C(=C\c1ccc2c(c1)C1(Cc3ccccc3C1)c1cc(N3c4ccccc4CCc4ccccc43)ccc1-2)/c1ccc(N2c3ccccc3CCc3ccccc32)cc1. The zero-order valence-electron chi connectivity index (χ0n) is 33.1. The fraction of sp³-hybridized carbons (Fsp3) is 0.123. The highest BCUT2D eigenvalue weighted by molar-refractivity contribution is 5.89. The Kier molecular flexibility index (Phi) is 7.88. The summed E-state index contributed by atoms with van der Waals surface area (Å²) in [7, 11) is 0. The van der Waals surface area contributed by atoms with Crippen LogP contribution in [0.1, 0.15) is 55.6 Å². The summed E-state index contributed by atoms with van der Waals surface area (Å²) < 4.78 is 0. The molecule has 1 spiro atoms. The van der Waals surface area contributed by atoms with Gasteiger partial charge in [0.15, 0.2) is 0 Å². The average molecular weight is 757 g/mol. The van der Waals surface area contributed by atoms with Crippen molar-refractivity contribution in [2.45, 2.75) is 43.9 Å². The Morgan fingerprint density at radius 3 is 1.22 bits per heavy atom. The smallest absolute Gasteiger partial charge is 0.0493 e. The molecule has 0 fully saturated rings. The van der Waals surface area contributed by atoms with Crippen molar-refractivity contribution in [2.24, 2.45) is 0 Å². The van der Waals surface area contributed by atoms with Gasteiger partial charge >= 0.3 is 0 Å². The van der Waals surface area contributed by atoms with Gasteiger partial charge in [0.25, 0.3) is 0 Å². The number of para-hydroxylation sites is 4. The fourth-order valence-corrected chi connectivity index (χ4v) is 10.8. The summed E-state index contributed by atoms with van der Waals surface area (Å²) in [6.07, 6.45) is 10.8. The summed E-state index contributed by atoms with van der Waals surface area (Å²) in [5.41, 5.74) is 24.0. The maximum absolute atomic E-state index is 2.54. The van der Waals surface area contributed by atoms with Gasteiger partial charge in [-0.05, 0) is 154 Å². The zero-order chi connectivity index (χ0) is 38.9. The maximum atomic E-state index is 2.54. The first-order chi connectivity index (χ1) is 29.2. The topological polar surface area (TPSA) is 6.48 Å². The number of anilines is 6. The van der Waals surface area contributed by atoms with Gasteiger partial charge in [0, 0.05) is 39.5 Å². The van der Waals surface area contributed by atoms with Gasteiger partial charge in [0.1, 0.15) is 0 Å². The van der Waals surface area contributed by atoms with Gasteiger partial charge in [-0.15, -0.1) is 0 Å². The second-order valence-corrected chi connectivity index (χ2v) is 16.8. The molecule has 2 aliphatic heterocycles. The first-order valence-electron chi connectivity index (χ1n) is 21.3. The molecule has 59 heavy (non-hydrogen) atoms. The molecule has 0 radical (unpaired) electrons. The molecule has 0 unspecified atom stereocenters. The Labute approximate surface area is 347 Å². The van der Waals surface area contributed by atoms with E-state index in [1.807, 2.05) is 0 Å². The van der Waals surface area contributed by atoms with E-state index in [0.717, 1.165) is 38.5 Å². The quantitative estimate of drug-likeness (QED) is 0.165. The minimum atomic E-state index is -0.125. The van der Waals surface area contributed by atoms with Crippen LogP contribution in [-0.4, -0.2) is 0 Å². The van der Waals surface area contributed by atoms with E-state index in [4.69, 9.17) is 0 Å². The number of hydrogen-bond donors (Lipinski definition) is 0. The van der Waals surface area contributed by atoms with Crippen molar-refractivity contribution in [3.63, 3.8) is 0 Å². The Hall–Kier alpha value is -6.90. The fourth-order valence-electron chi connectivity index (χ4n) is 10.8.